The molecule has 0 spiro atoms. The Balaban J connectivity index is 2.57. The first-order valence-corrected chi connectivity index (χ1v) is 5.92. The predicted molar refractivity (Wildman–Crippen MR) is 63.6 cm³/mol. The lowest BCUT2D eigenvalue weighted by Gasteiger charge is -2.09. The Morgan fingerprint density at radius 1 is 1.47 bits per heavy atom. The van der Waals surface area contributed by atoms with Crippen LogP contribution in [0.25, 0.3) is 0 Å². The highest BCUT2D eigenvalue weighted by Crippen LogP contribution is 2.15. The molecule has 0 bridgehead atoms. The highest BCUT2D eigenvalue weighted by atomic mass is 35.5. The summed E-state index contributed by atoms with van der Waals surface area (Å²) in [6.45, 7) is 4.97. The molecule has 15 heavy (non-hydrogen) atoms. The van der Waals surface area contributed by atoms with Crippen molar-refractivity contribution in [1.82, 2.24) is 4.98 Å². The first kappa shape index (κ1) is 12.3. The van der Waals surface area contributed by atoms with Gasteiger partial charge in [0.05, 0.1) is 12.8 Å². The summed E-state index contributed by atoms with van der Waals surface area (Å²) in [5, 5.41) is 0. The normalized spacial score (nSPS) is 12.5. The number of hydrogen-bond acceptors (Lipinski definition) is 2. The Labute approximate surface area is 96.6 Å². The molecule has 0 saturated heterocycles. The first-order valence-electron chi connectivity index (χ1n) is 5.39. The van der Waals surface area contributed by atoms with Crippen molar-refractivity contribution in [3.63, 3.8) is 0 Å². The van der Waals surface area contributed by atoms with Gasteiger partial charge in [-0.1, -0.05) is 13.8 Å². The second-order valence-corrected chi connectivity index (χ2v) is 4.15. The number of ether oxygens (including phenoxy) is 1. The van der Waals surface area contributed by atoms with E-state index >= 15 is 0 Å². The van der Waals surface area contributed by atoms with Gasteiger partial charge in [-0.05, 0) is 30.4 Å². The number of aromatic nitrogens is 1. The van der Waals surface area contributed by atoms with E-state index in [9.17, 15) is 0 Å². The van der Waals surface area contributed by atoms with E-state index in [4.69, 9.17) is 16.3 Å². The summed E-state index contributed by atoms with van der Waals surface area (Å²) in [7, 11) is 0. The number of nitrogens with zero attached hydrogens (tertiary/aromatic N) is 1. The van der Waals surface area contributed by atoms with Crippen LogP contribution < -0.4 is 4.74 Å². The minimum Gasteiger partial charge on any atom is -0.492 e. The Hall–Kier alpha value is -0.760. The van der Waals surface area contributed by atoms with Crippen LogP contribution in [0.3, 0.4) is 0 Å². The largest absolute Gasteiger partial charge is 0.492 e. The van der Waals surface area contributed by atoms with Crippen LogP contribution >= 0.6 is 11.6 Å². The summed E-state index contributed by atoms with van der Waals surface area (Å²) in [6, 6.07) is 2.05. The molecule has 1 aromatic heterocycles. The van der Waals surface area contributed by atoms with Gasteiger partial charge in [-0.2, -0.15) is 0 Å². The molecule has 2 nitrogen and oxygen atoms in total. The molecule has 3 heteroatoms. The van der Waals surface area contributed by atoms with E-state index in [0.29, 0.717) is 11.8 Å². The van der Waals surface area contributed by atoms with Crippen LogP contribution in [-0.4, -0.2) is 17.5 Å². The average Bonchev–Trinajstić information content (AvgIpc) is 2.26. The molecule has 0 radical (unpaired) electrons. The maximum absolute atomic E-state index is 5.77. The highest BCUT2D eigenvalue weighted by molar-refractivity contribution is 6.18. The van der Waals surface area contributed by atoms with E-state index in [-0.39, 0.29) is 0 Å². The van der Waals surface area contributed by atoms with Crippen molar-refractivity contribution in [2.24, 2.45) is 5.92 Å². The Bertz CT molecular complexity index is 291. The minimum atomic E-state index is 0.481. The SMILES string of the molecule is CCCOc1cncc(CC(C)CCl)c1. The molecule has 1 rings (SSSR count). The summed E-state index contributed by atoms with van der Waals surface area (Å²) in [6.07, 6.45) is 5.61. The zero-order valence-corrected chi connectivity index (χ0v) is 10.1. The molecule has 0 fully saturated rings. The maximum Gasteiger partial charge on any atom is 0.137 e. The van der Waals surface area contributed by atoms with Gasteiger partial charge < -0.3 is 4.74 Å². The van der Waals surface area contributed by atoms with E-state index in [1.54, 1.807) is 6.20 Å². The maximum atomic E-state index is 5.77. The van der Waals surface area contributed by atoms with Crippen molar-refractivity contribution in [2.45, 2.75) is 26.7 Å². The Morgan fingerprint density at radius 2 is 2.27 bits per heavy atom. The summed E-state index contributed by atoms with van der Waals surface area (Å²) < 4.78 is 5.52. The van der Waals surface area contributed by atoms with Crippen LogP contribution in [-0.2, 0) is 6.42 Å². The predicted octanol–water partition coefficient (Wildman–Crippen LogP) is 3.29. The summed E-state index contributed by atoms with van der Waals surface area (Å²) in [5.74, 6) is 2.02. The van der Waals surface area contributed by atoms with Gasteiger partial charge >= 0.3 is 0 Å². The van der Waals surface area contributed by atoms with Gasteiger partial charge in [-0.15, -0.1) is 11.6 Å². The molecule has 0 aromatic carbocycles. The van der Waals surface area contributed by atoms with Crippen LogP contribution in [0.1, 0.15) is 25.8 Å². The van der Waals surface area contributed by atoms with Crippen molar-refractivity contribution in [3.05, 3.63) is 24.0 Å². The topological polar surface area (TPSA) is 22.1 Å². The quantitative estimate of drug-likeness (QED) is 0.696. The lowest BCUT2D eigenvalue weighted by Crippen LogP contribution is -2.02. The molecule has 1 aromatic rings. The molecule has 0 aliphatic heterocycles. The summed E-state index contributed by atoms with van der Waals surface area (Å²) >= 11 is 5.77. The molecule has 0 N–H and O–H groups in total. The zero-order chi connectivity index (χ0) is 11.1. The van der Waals surface area contributed by atoms with Crippen LogP contribution in [0, 0.1) is 5.92 Å². The van der Waals surface area contributed by atoms with Gasteiger partial charge in [-0.3, -0.25) is 4.98 Å². The lowest BCUT2D eigenvalue weighted by molar-refractivity contribution is 0.315. The molecular formula is C12H18ClNO. The van der Waals surface area contributed by atoms with Gasteiger partial charge in [0, 0.05) is 12.1 Å². The smallest absolute Gasteiger partial charge is 0.137 e. The van der Waals surface area contributed by atoms with Crippen molar-refractivity contribution < 1.29 is 4.74 Å². The van der Waals surface area contributed by atoms with Crippen LogP contribution in [0.15, 0.2) is 18.5 Å². The van der Waals surface area contributed by atoms with E-state index in [1.807, 2.05) is 12.3 Å². The number of halogens is 1. The van der Waals surface area contributed by atoms with Gasteiger partial charge in [0.2, 0.25) is 0 Å². The molecule has 0 aliphatic rings. The number of hydrogen-bond donors (Lipinski definition) is 0. The van der Waals surface area contributed by atoms with Crippen molar-refractivity contribution in [2.75, 3.05) is 12.5 Å². The fourth-order valence-corrected chi connectivity index (χ4v) is 1.44. The molecule has 0 amide bonds. The summed E-state index contributed by atoms with van der Waals surface area (Å²) in [4.78, 5) is 4.16. The van der Waals surface area contributed by atoms with Crippen molar-refractivity contribution in [1.29, 1.82) is 0 Å². The number of rotatable bonds is 6. The third-order valence-corrected chi connectivity index (χ3v) is 2.62. The van der Waals surface area contributed by atoms with E-state index in [0.717, 1.165) is 25.2 Å². The fraction of sp³-hybridized carbons (Fsp3) is 0.583. The standard InChI is InChI=1S/C12H18ClNO/c1-3-4-15-12-6-11(8-14-9-12)5-10(2)7-13/h6,8-10H,3-5,7H2,1-2H3. The molecule has 84 valence electrons. The lowest BCUT2D eigenvalue weighted by atomic mass is 10.0. The van der Waals surface area contributed by atoms with E-state index in [2.05, 4.69) is 18.8 Å². The van der Waals surface area contributed by atoms with Gasteiger partial charge in [0.15, 0.2) is 0 Å². The van der Waals surface area contributed by atoms with E-state index in [1.165, 1.54) is 5.56 Å². The van der Waals surface area contributed by atoms with E-state index < -0.39 is 0 Å². The third kappa shape index (κ3) is 4.52. The molecule has 0 saturated carbocycles. The van der Waals surface area contributed by atoms with Crippen LogP contribution in [0.2, 0.25) is 0 Å². The summed E-state index contributed by atoms with van der Waals surface area (Å²) in [5.41, 5.74) is 1.19. The fourth-order valence-electron chi connectivity index (χ4n) is 1.33. The number of alkyl halides is 1. The second kappa shape index (κ2) is 6.67. The van der Waals surface area contributed by atoms with Crippen molar-refractivity contribution >= 4 is 11.6 Å². The molecule has 1 unspecified atom stereocenters. The molecular weight excluding hydrogens is 210 g/mol. The molecule has 1 atom stereocenters. The van der Waals surface area contributed by atoms with Crippen LogP contribution in [0.5, 0.6) is 5.75 Å². The second-order valence-electron chi connectivity index (χ2n) is 3.84. The van der Waals surface area contributed by atoms with Crippen LogP contribution in [0.4, 0.5) is 0 Å². The molecule has 0 aliphatic carbocycles. The average molecular weight is 228 g/mol. The Kier molecular flexibility index (Phi) is 5.48. The van der Waals surface area contributed by atoms with Gasteiger partial charge in [0.25, 0.3) is 0 Å². The van der Waals surface area contributed by atoms with Gasteiger partial charge in [0.1, 0.15) is 5.75 Å². The highest BCUT2D eigenvalue weighted by Gasteiger charge is 2.03. The third-order valence-electron chi connectivity index (χ3n) is 2.09. The Morgan fingerprint density at radius 3 is 2.93 bits per heavy atom. The molecule has 1 heterocycles. The number of pyridine rings is 1. The monoisotopic (exact) mass is 227 g/mol. The van der Waals surface area contributed by atoms with Gasteiger partial charge in [-0.25, -0.2) is 0 Å². The zero-order valence-electron chi connectivity index (χ0n) is 9.37. The van der Waals surface area contributed by atoms with Crippen molar-refractivity contribution in [3.8, 4) is 5.75 Å². The minimum absolute atomic E-state index is 0.481. The first-order chi connectivity index (χ1) is 7.26.